The highest BCUT2D eigenvalue weighted by molar-refractivity contribution is 7.85. The summed E-state index contributed by atoms with van der Waals surface area (Å²) in [6.45, 7) is 0.0773. The summed E-state index contributed by atoms with van der Waals surface area (Å²) in [5.41, 5.74) is 0. The quantitative estimate of drug-likeness (QED) is 0.592. The molecular formula is C5H11Cl3O4S. The fourth-order valence-electron chi connectivity index (χ4n) is 0.280. The molecule has 0 aliphatic heterocycles. The summed E-state index contributed by atoms with van der Waals surface area (Å²) in [7, 11) is -3.67. The highest BCUT2D eigenvalue weighted by Crippen LogP contribution is 2.30. The molecule has 0 saturated heterocycles. The Morgan fingerprint density at radius 3 is 1.69 bits per heavy atom. The Balaban J connectivity index is 0. The van der Waals surface area contributed by atoms with E-state index in [0.29, 0.717) is 19.1 Å². The van der Waals surface area contributed by atoms with Crippen LogP contribution in [0.15, 0.2) is 0 Å². The lowest BCUT2D eigenvalue weighted by molar-refractivity contribution is 0.285. The molecule has 0 rings (SSSR count). The van der Waals surface area contributed by atoms with E-state index in [1.54, 1.807) is 0 Å². The molecule has 0 aliphatic rings. The van der Waals surface area contributed by atoms with Crippen LogP contribution >= 0.6 is 34.8 Å². The Hall–Kier alpha value is 0.740. The van der Waals surface area contributed by atoms with Crippen LogP contribution in [-0.4, -0.2) is 34.7 Å². The molecule has 0 heterocycles. The average Bonchev–Trinajstić information content (AvgIpc) is 1.77. The first-order valence-electron chi connectivity index (χ1n) is 3.16. The SMILES string of the molecule is CS(=O)(=O)O.OCCCC(Cl)(Cl)Cl. The lowest BCUT2D eigenvalue weighted by Gasteiger charge is -2.07. The van der Waals surface area contributed by atoms with E-state index in [9.17, 15) is 8.42 Å². The van der Waals surface area contributed by atoms with Gasteiger partial charge < -0.3 is 5.11 Å². The summed E-state index contributed by atoms with van der Waals surface area (Å²) in [6, 6.07) is 0. The molecule has 8 heteroatoms. The van der Waals surface area contributed by atoms with Crippen molar-refractivity contribution in [3.8, 4) is 0 Å². The van der Waals surface area contributed by atoms with E-state index >= 15 is 0 Å². The summed E-state index contributed by atoms with van der Waals surface area (Å²) in [5, 5.41) is 8.25. The zero-order valence-electron chi connectivity index (χ0n) is 6.87. The molecule has 0 aromatic carbocycles. The number of rotatable bonds is 2. The van der Waals surface area contributed by atoms with Crippen LogP contribution in [-0.2, 0) is 10.1 Å². The molecule has 0 aliphatic carbocycles. The Labute approximate surface area is 92.5 Å². The smallest absolute Gasteiger partial charge is 0.261 e. The topological polar surface area (TPSA) is 74.6 Å². The molecule has 0 bridgehead atoms. The molecule has 0 unspecified atom stereocenters. The Morgan fingerprint density at radius 2 is 1.62 bits per heavy atom. The van der Waals surface area contributed by atoms with Crippen molar-refractivity contribution in [2.24, 2.45) is 0 Å². The van der Waals surface area contributed by atoms with E-state index in [0.717, 1.165) is 0 Å². The van der Waals surface area contributed by atoms with Gasteiger partial charge in [0.05, 0.1) is 6.26 Å². The summed E-state index contributed by atoms with van der Waals surface area (Å²) in [4.78, 5) is 0. The van der Waals surface area contributed by atoms with Gasteiger partial charge in [-0.1, -0.05) is 34.8 Å². The molecule has 2 N–H and O–H groups in total. The van der Waals surface area contributed by atoms with Crippen LogP contribution in [0, 0.1) is 0 Å². The van der Waals surface area contributed by atoms with Crippen LogP contribution in [0.5, 0.6) is 0 Å². The fraction of sp³-hybridized carbons (Fsp3) is 1.00. The fourth-order valence-corrected chi connectivity index (χ4v) is 0.680. The van der Waals surface area contributed by atoms with Gasteiger partial charge in [-0.15, -0.1) is 0 Å². The predicted octanol–water partition coefficient (Wildman–Crippen LogP) is 1.63. The van der Waals surface area contributed by atoms with Gasteiger partial charge in [0, 0.05) is 6.61 Å². The molecule has 0 saturated carbocycles. The second-order valence-corrected chi connectivity index (χ2v) is 6.16. The minimum atomic E-state index is -3.67. The summed E-state index contributed by atoms with van der Waals surface area (Å²) in [6.07, 6.45) is 1.66. The minimum absolute atomic E-state index is 0.0773. The highest BCUT2D eigenvalue weighted by Gasteiger charge is 2.17. The van der Waals surface area contributed by atoms with Crippen molar-refractivity contribution in [2.45, 2.75) is 16.6 Å². The van der Waals surface area contributed by atoms with Crippen LogP contribution in [0.3, 0.4) is 0 Å². The van der Waals surface area contributed by atoms with Gasteiger partial charge in [-0.2, -0.15) is 8.42 Å². The van der Waals surface area contributed by atoms with E-state index in [1.807, 2.05) is 0 Å². The minimum Gasteiger partial charge on any atom is -0.396 e. The van der Waals surface area contributed by atoms with Gasteiger partial charge in [0.15, 0.2) is 3.79 Å². The Morgan fingerprint density at radius 1 is 1.31 bits per heavy atom. The number of halogens is 3. The Kier molecular flexibility index (Phi) is 8.82. The van der Waals surface area contributed by atoms with Crippen molar-refractivity contribution in [3.05, 3.63) is 0 Å². The van der Waals surface area contributed by atoms with Crippen LogP contribution in [0.4, 0.5) is 0 Å². The maximum atomic E-state index is 9.19. The number of aliphatic hydroxyl groups is 1. The van der Waals surface area contributed by atoms with Crippen molar-refractivity contribution < 1.29 is 18.1 Å². The largest absolute Gasteiger partial charge is 0.396 e. The van der Waals surface area contributed by atoms with Crippen LogP contribution in [0.25, 0.3) is 0 Å². The van der Waals surface area contributed by atoms with Gasteiger partial charge in [0.25, 0.3) is 10.1 Å². The number of aliphatic hydroxyl groups excluding tert-OH is 1. The standard InChI is InChI=1S/C4H7Cl3O.CH4O3S/c5-4(6,7)2-1-3-8;1-5(2,3)4/h8H,1-3H2;1H3,(H,2,3,4). The second-order valence-electron chi connectivity index (χ2n) is 2.18. The molecule has 0 spiro atoms. The Bertz CT molecular complexity index is 200. The van der Waals surface area contributed by atoms with Crippen LogP contribution < -0.4 is 0 Å². The van der Waals surface area contributed by atoms with Gasteiger partial charge in [-0.3, -0.25) is 4.55 Å². The number of hydrogen-bond acceptors (Lipinski definition) is 3. The monoisotopic (exact) mass is 272 g/mol. The summed E-state index contributed by atoms with van der Waals surface area (Å²) in [5.74, 6) is 0. The third kappa shape index (κ3) is 44.6. The van der Waals surface area contributed by atoms with Crippen molar-refractivity contribution in [3.63, 3.8) is 0 Å². The second kappa shape index (κ2) is 7.09. The number of alkyl halides is 3. The van der Waals surface area contributed by atoms with E-state index in [1.165, 1.54) is 0 Å². The molecule has 4 nitrogen and oxygen atoms in total. The average molecular weight is 274 g/mol. The van der Waals surface area contributed by atoms with Crippen molar-refractivity contribution in [1.29, 1.82) is 0 Å². The first-order chi connectivity index (χ1) is 5.56. The van der Waals surface area contributed by atoms with Crippen LogP contribution in [0.2, 0.25) is 0 Å². The van der Waals surface area contributed by atoms with Gasteiger partial charge >= 0.3 is 0 Å². The molecule has 0 aromatic heterocycles. The maximum Gasteiger partial charge on any atom is 0.261 e. The molecule has 0 aromatic rings. The summed E-state index contributed by atoms with van der Waals surface area (Å²) < 4.78 is 24.7. The molecular weight excluding hydrogens is 262 g/mol. The normalized spacial score (nSPS) is 11.8. The van der Waals surface area contributed by atoms with Crippen molar-refractivity contribution in [2.75, 3.05) is 12.9 Å². The molecule has 0 amide bonds. The van der Waals surface area contributed by atoms with Gasteiger partial charge in [0.2, 0.25) is 0 Å². The van der Waals surface area contributed by atoms with Crippen molar-refractivity contribution in [1.82, 2.24) is 0 Å². The first kappa shape index (κ1) is 16.2. The van der Waals surface area contributed by atoms with Crippen molar-refractivity contribution >= 4 is 44.9 Å². The predicted molar refractivity (Wildman–Crippen MR) is 54.1 cm³/mol. The highest BCUT2D eigenvalue weighted by atomic mass is 35.6. The van der Waals surface area contributed by atoms with Gasteiger partial charge in [0.1, 0.15) is 0 Å². The molecule has 0 atom stereocenters. The first-order valence-corrected chi connectivity index (χ1v) is 6.14. The molecule has 82 valence electrons. The molecule has 0 radical (unpaired) electrons. The zero-order chi connectivity index (χ0) is 11.1. The lowest BCUT2D eigenvalue weighted by atomic mass is 10.4. The van der Waals surface area contributed by atoms with Crippen LogP contribution in [0.1, 0.15) is 12.8 Å². The maximum absolute atomic E-state index is 9.19. The number of hydrogen-bond donors (Lipinski definition) is 2. The lowest BCUT2D eigenvalue weighted by Crippen LogP contribution is -2.02. The van der Waals surface area contributed by atoms with E-state index in [2.05, 4.69) is 0 Å². The van der Waals surface area contributed by atoms with E-state index < -0.39 is 13.9 Å². The van der Waals surface area contributed by atoms with Gasteiger partial charge in [-0.25, -0.2) is 0 Å². The molecule has 13 heavy (non-hydrogen) atoms. The molecule has 0 fully saturated rings. The van der Waals surface area contributed by atoms with E-state index in [4.69, 9.17) is 44.5 Å². The van der Waals surface area contributed by atoms with Gasteiger partial charge in [-0.05, 0) is 12.8 Å². The van der Waals surface area contributed by atoms with E-state index in [-0.39, 0.29) is 6.61 Å². The summed E-state index contributed by atoms with van der Waals surface area (Å²) >= 11 is 16.0. The third-order valence-corrected chi connectivity index (χ3v) is 1.19. The third-order valence-electron chi connectivity index (χ3n) is 0.618. The zero-order valence-corrected chi connectivity index (χ0v) is 9.96.